The van der Waals surface area contributed by atoms with Gasteiger partial charge in [0.05, 0.1) is 31.1 Å². The van der Waals surface area contributed by atoms with Crippen molar-refractivity contribution in [3.05, 3.63) is 18.2 Å². The van der Waals surface area contributed by atoms with Gasteiger partial charge in [-0.25, -0.2) is 9.78 Å². The fourth-order valence-electron chi connectivity index (χ4n) is 6.79. The van der Waals surface area contributed by atoms with E-state index in [2.05, 4.69) is 57.8 Å². The Morgan fingerprint density at radius 1 is 0.581 bits per heavy atom. The molecule has 0 spiro atoms. The van der Waals surface area contributed by atoms with Crippen LogP contribution in [-0.4, -0.2) is 193 Å². The molecule has 9 amide bonds. The Morgan fingerprint density at radius 2 is 1.03 bits per heavy atom. The van der Waals surface area contributed by atoms with Gasteiger partial charge in [-0.05, 0) is 82.3 Å². The number of hydrogen-bond donors (Lipinski definition) is 15. The first kappa shape index (κ1) is 66.0. The number of carbonyl (C=O) groups excluding carboxylic acids is 9. The number of aliphatic carboxylic acids is 2. The Labute approximate surface area is 438 Å². The van der Waals surface area contributed by atoms with Gasteiger partial charge >= 0.3 is 11.9 Å². The molecule has 1 rings (SSSR count). The highest BCUT2D eigenvalue weighted by Gasteiger charge is 2.37. The highest BCUT2D eigenvalue weighted by molar-refractivity contribution is 7.98. The maximum atomic E-state index is 14.0. The van der Waals surface area contributed by atoms with Crippen LogP contribution in [0, 0.1) is 11.8 Å². The molecule has 27 nitrogen and oxygen atoms in total. The van der Waals surface area contributed by atoms with Crippen molar-refractivity contribution in [2.24, 2.45) is 17.6 Å². The Hall–Kier alpha value is -6.04. The van der Waals surface area contributed by atoms with Crippen molar-refractivity contribution in [1.82, 2.24) is 57.8 Å². The topological polar surface area (TPSA) is 432 Å². The molecule has 1 heterocycles. The quantitative estimate of drug-likeness (QED) is 0.0310. The number of carboxylic acid groups (broad SMARTS) is 2. The first-order valence-corrected chi connectivity index (χ1v) is 26.6. The lowest BCUT2D eigenvalue weighted by atomic mass is 10.0. The van der Waals surface area contributed by atoms with Gasteiger partial charge in [-0.15, -0.1) is 0 Å². The minimum atomic E-state index is -1.81. The van der Waals surface area contributed by atoms with Crippen molar-refractivity contribution in [3.63, 3.8) is 0 Å². The molecule has 0 fully saturated rings. The number of nitrogens with two attached hydrogens (primary N) is 1. The highest BCUT2D eigenvalue weighted by atomic mass is 32.2. The number of carboxylic acids is 2. The molecule has 1 aromatic rings. The standard InChI is InChI=1S/C45H76N12O15S2/c1-21(2)16-30(53-40(66)28(12-14-73-8)50-37(63)23(5)46)38(64)48-19-32(60)55-35(24(6)58)43(69)54-31(17-26-18-47-20-49-26)42(68)57-36(25(7)59)44(70)52-29(13-15-74-9)39(65)51-27(10-11-33(61)62)41(67)56-34(22(3)4)45(71)72/h18,20-25,27-31,34-36,58-59H,10-17,19,46H2,1-9H3,(H,47,49)(H,48,64)(H,50,63)(H,51,65)(H,52,70)(H,53,66)(H,54,69)(H,55,60)(H,56,67)(H,57,68)(H,61,62)(H,71,72)/t23-,24+,25+,27-,28-,29-,30-,31-,34-,35-,36-/m0/s1. The number of carbonyl (C=O) groups is 11. The number of aliphatic hydroxyl groups excluding tert-OH is 2. The van der Waals surface area contributed by atoms with E-state index in [1.165, 1.54) is 56.8 Å². The number of H-pyrrole nitrogens is 1. The molecule has 1 aromatic heterocycles. The van der Waals surface area contributed by atoms with Crippen molar-refractivity contribution in [1.29, 1.82) is 0 Å². The number of aromatic nitrogens is 2. The average molecular weight is 1090 g/mol. The Bertz CT molecular complexity index is 2040. The zero-order chi connectivity index (χ0) is 56.4. The first-order chi connectivity index (χ1) is 34.6. The lowest BCUT2D eigenvalue weighted by Gasteiger charge is -2.29. The van der Waals surface area contributed by atoms with Crippen LogP contribution in [0.15, 0.2) is 12.5 Å². The molecule has 0 unspecified atom stereocenters. The predicted octanol–water partition coefficient (Wildman–Crippen LogP) is -3.79. The van der Waals surface area contributed by atoms with Crippen molar-refractivity contribution in [3.8, 4) is 0 Å². The van der Waals surface area contributed by atoms with Crippen LogP contribution in [0.4, 0.5) is 0 Å². The van der Waals surface area contributed by atoms with E-state index in [0.717, 1.165) is 13.8 Å². The first-order valence-electron chi connectivity index (χ1n) is 23.8. The van der Waals surface area contributed by atoms with E-state index >= 15 is 0 Å². The normalized spacial score (nSPS) is 15.7. The largest absolute Gasteiger partial charge is 0.481 e. The van der Waals surface area contributed by atoms with E-state index in [1.54, 1.807) is 20.1 Å². The summed E-state index contributed by atoms with van der Waals surface area (Å²) >= 11 is 2.71. The molecule has 0 saturated carbocycles. The number of nitrogens with one attached hydrogen (secondary N) is 10. The number of amides is 9. The van der Waals surface area contributed by atoms with Crippen LogP contribution >= 0.6 is 23.5 Å². The number of hydrogen-bond acceptors (Lipinski definition) is 17. The van der Waals surface area contributed by atoms with E-state index < -0.39 is 157 Å². The Kier molecular flexibility index (Phi) is 30.1. The molecule has 0 aliphatic rings. The van der Waals surface area contributed by atoms with Gasteiger partial charge in [0.1, 0.15) is 48.3 Å². The number of imidazole rings is 1. The van der Waals surface area contributed by atoms with Gasteiger partial charge in [-0.1, -0.05) is 27.7 Å². The third-order valence-corrected chi connectivity index (χ3v) is 12.2. The molecule has 16 N–H and O–H groups in total. The molecule has 11 atom stereocenters. The maximum absolute atomic E-state index is 14.0. The molecule has 74 heavy (non-hydrogen) atoms. The second-order valence-corrected chi connectivity index (χ2v) is 20.3. The number of aromatic amines is 1. The van der Waals surface area contributed by atoms with Gasteiger partial charge in [0.15, 0.2) is 0 Å². The maximum Gasteiger partial charge on any atom is 0.326 e. The minimum absolute atomic E-state index is 0.0746. The lowest BCUT2D eigenvalue weighted by molar-refractivity contribution is -0.144. The van der Waals surface area contributed by atoms with E-state index in [-0.39, 0.29) is 43.0 Å². The van der Waals surface area contributed by atoms with E-state index in [1.807, 2.05) is 6.26 Å². The van der Waals surface area contributed by atoms with Crippen LogP contribution in [0.2, 0.25) is 0 Å². The lowest BCUT2D eigenvalue weighted by Crippen LogP contribution is -2.62. The summed E-state index contributed by atoms with van der Waals surface area (Å²) in [6, 6.07) is -12.6. The smallest absolute Gasteiger partial charge is 0.326 e. The summed E-state index contributed by atoms with van der Waals surface area (Å²) < 4.78 is 0. The zero-order valence-electron chi connectivity index (χ0n) is 43.1. The van der Waals surface area contributed by atoms with Gasteiger partial charge in [0.2, 0.25) is 53.2 Å². The van der Waals surface area contributed by atoms with E-state index in [4.69, 9.17) is 5.73 Å². The molecular formula is C45H76N12O15S2. The monoisotopic (exact) mass is 1090 g/mol. The summed E-state index contributed by atoms with van der Waals surface area (Å²) in [5, 5.41) is 62.1. The van der Waals surface area contributed by atoms with Crippen LogP contribution < -0.4 is 53.6 Å². The summed E-state index contributed by atoms with van der Waals surface area (Å²) in [7, 11) is 0. The SMILES string of the molecule is CSCC[C@H](NC(=O)[C@H](C)N)C(=O)N[C@@H](CC(C)C)C(=O)NCC(=O)N[C@H](C(=O)N[C@@H](Cc1cnc[nH]1)C(=O)N[C@H](C(=O)N[C@@H](CCSC)C(=O)N[C@@H](CCC(=O)O)C(=O)N[C@H](C(=O)O)C(C)C)[C@@H](C)O)[C@@H](C)O. The summed E-state index contributed by atoms with van der Waals surface area (Å²) in [5.74, 6) is -10.9. The minimum Gasteiger partial charge on any atom is -0.481 e. The summed E-state index contributed by atoms with van der Waals surface area (Å²) in [6.45, 7) is 9.66. The molecule has 0 bridgehead atoms. The Morgan fingerprint density at radius 3 is 1.47 bits per heavy atom. The number of aliphatic hydroxyl groups is 2. The number of thioether (sulfide) groups is 2. The van der Waals surface area contributed by atoms with Crippen molar-refractivity contribution < 1.29 is 73.2 Å². The van der Waals surface area contributed by atoms with Gasteiger partial charge in [-0.2, -0.15) is 23.5 Å². The Balaban J connectivity index is 3.32. The van der Waals surface area contributed by atoms with Gasteiger partial charge in [-0.3, -0.25) is 47.9 Å². The van der Waals surface area contributed by atoms with Gasteiger partial charge < -0.3 is 79.0 Å². The molecular weight excluding hydrogens is 1010 g/mol. The number of nitrogens with zero attached hydrogens (tertiary/aromatic N) is 1. The summed E-state index contributed by atoms with van der Waals surface area (Å²) in [6.07, 6.45) is 1.76. The van der Waals surface area contributed by atoms with Gasteiger partial charge in [0.25, 0.3) is 0 Å². The fourth-order valence-corrected chi connectivity index (χ4v) is 7.73. The fraction of sp³-hybridized carbons (Fsp3) is 0.689. The van der Waals surface area contributed by atoms with E-state index in [9.17, 15) is 73.2 Å². The van der Waals surface area contributed by atoms with Crippen LogP contribution in [0.5, 0.6) is 0 Å². The van der Waals surface area contributed by atoms with E-state index in [0.29, 0.717) is 5.75 Å². The summed E-state index contributed by atoms with van der Waals surface area (Å²) in [4.78, 5) is 151. The van der Waals surface area contributed by atoms with Gasteiger partial charge in [0, 0.05) is 24.7 Å². The van der Waals surface area contributed by atoms with Crippen LogP contribution in [0.1, 0.15) is 86.3 Å². The average Bonchev–Trinajstić information content (AvgIpc) is 3.83. The predicted molar refractivity (Wildman–Crippen MR) is 273 cm³/mol. The molecule has 29 heteroatoms. The highest BCUT2D eigenvalue weighted by Crippen LogP contribution is 2.11. The molecule has 0 saturated heterocycles. The summed E-state index contributed by atoms with van der Waals surface area (Å²) in [5.41, 5.74) is 5.96. The molecule has 0 aromatic carbocycles. The molecule has 0 aliphatic heterocycles. The zero-order valence-corrected chi connectivity index (χ0v) is 44.8. The van der Waals surface area contributed by atoms with Crippen LogP contribution in [0.3, 0.4) is 0 Å². The third kappa shape index (κ3) is 24.3. The van der Waals surface area contributed by atoms with Crippen LogP contribution in [-0.2, 0) is 59.2 Å². The second kappa shape index (κ2) is 33.7. The van der Waals surface area contributed by atoms with Crippen molar-refractivity contribution in [2.45, 2.75) is 154 Å². The second-order valence-electron chi connectivity index (χ2n) is 18.3. The van der Waals surface area contributed by atoms with Crippen molar-refractivity contribution in [2.75, 3.05) is 30.6 Å². The molecule has 0 aliphatic carbocycles. The third-order valence-electron chi connectivity index (χ3n) is 10.9. The number of rotatable bonds is 35. The molecule has 0 radical (unpaired) electrons. The molecule has 418 valence electrons. The van der Waals surface area contributed by atoms with Crippen LogP contribution in [0.25, 0.3) is 0 Å². The van der Waals surface area contributed by atoms with Crippen molar-refractivity contribution >= 4 is 88.6 Å².